The van der Waals surface area contributed by atoms with Crippen LogP contribution in [0.1, 0.15) is 10.4 Å². The van der Waals surface area contributed by atoms with Crippen LogP contribution in [0.2, 0.25) is 0 Å². The summed E-state index contributed by atoms with van der Waals surface area (Å²) in [6.07, 6.45) is 0. The average Bonchev–Trinajstić information content (AvgIpc) is 2.47. The van der Waals surface area contributed by atoms with Gasteiger partial charge in [-0.05, 0) is 12.1 Å². The van der Waals surface area contributed by atoms with Gasteiger partial charge in [0.25, 0.3) is 11.4 Å². The number of aromatic carboxylic acids is 1. The van der Waals surface area contributed by atoms with Gasteiger partial charge in [0.1, 0.15) is 17.1 Å². The molecule has 0 saturated heterocycles. The van der Waals surface area contributed by atoms with E-state index in [1.165, 1.54) is 18.2 Å². The number of non-ortho nitro benzene ring substituents is 2. The van der Waals surface area contributed by atoms with Crippen LogP contribution in [0, 0.1) is 20.2 Å². The Hall–Kier alpha value is -3.49. The van der Waals surface area contributed by atoms with Crippen molar-refractivity contribution in [2.24, 2.45) is 0 Å². The van der Waals surface area contributed by atoms with E-state index in [1.807, 2.05) is 0 Å². The first-order valence-electron chi connectivity index (χ1n) is 5.82. The summed E-state index contributed by atoms with van der Waals surface area (Å²) in [6, 6.07) is 8.06. The number of nitro groups is 2. The van der Waals surface area contributed by atoms with E-state index in [1.54, 1.807) is 0 Å². The monoisotopic (exact) mass is 304 g/mol. The highest BCUT2D eigenvalue weighted by Crippen LogP contribution is 2.31. The predicted molar refractivity (Wildman–Crippen MR) is 73.2 cm³/mol. The fourth-order valence-electron chi connectivity index (χ4n) is 1.67. The summed E-state index contributed by atoms with van der Waals surface area (Å²) in [7, 11) is 0. The topological polar surface area (TPSA) is 133 Å². The zero-order chi connectivity index (χ0) is 16.3. The molecule has 0 unspecified atom stereocenters. The summed E-state index contributed by atoms with van der Waals surface area (Å²) in [5.74, 6) is -1.62. The summed E-state index contributed by atoms with van der Waals surface area (Å²) in [5, 5.41) is 30.5. The van der Waals surface area contributed by atoms with Gasteiger partial charge in [-0.1, -0.05) is 6.07 Å². The van der Waals surface area contributed by atoms with Crippen molar-refractivity contribution >= 4 is 17.3 Å². The minimum atomic E-state index is -1.34. The molecule has 0 bridgehead atoms. The first-order chi connectivity index (χ1) is 10.4. The fraction of sp³-hybridized carbons (Fsp3) is 0. The molecule has 0 atom stereocenters. The van der Waals surface area contributed by atoms with Crippen molar-refractivity contribution in [3.05, 3.63) is 68.3 Å². The van der Waals surface area contributed by atoms with Gasteiger partial charge in [-0.3, -0.25) is 20.2 Å². The third-order valence-corrected chi connectivity index (χ3v) is 2.66. The van der Waals surface area contributed by atoms with Gasteiger partial charge in [-0.25, -0.2) is 4.79 Å². The standard InChI is InChI=1S/C13H8N2O7/c16-13(17)11-5-4-9(15(20)21)7-12(11)22-10-3-1-2-8(6-10)14(18)19/h1-7H,(H,16,17). The van der Waals surface area contributed by atoms with E-state index < -0.39 is 15.8 Å². The van der Waals surface area contributed by atoms with Gasteiger partial charge >= 0.3 is 5.97 Å². The summed E-state index contributed by atoms with van der Waals surface area (Å²) in [4.78, 5) is 31.2. The Morgan fingerprint density at radius 2 is 1.64 bits per heavy atom. The lowest BCUT2D eigenvalue weighted by Crippen LogP contribution is -2.01. The lowest BCUT2D eigenvalue weighted by atomic mass is 10.2. The number of nitro benzene ring substituents is 2. The van der Waals surface area contributed by atoms with Crippen LogP contribution in [0.15, 0.2) is 42.5 Å². The number of benzene rings is 2. The van der Waals surface area contributed by atoms with Gasteiger partial charge in [0.2, 0.25) is 0 Å². The fourth-order valence-corrected chi connectivity index (χ4v) is 1.67. The molecular formula is C13H8N2O7. The lowest BCUT2D eigenvalue weighted by molar-refractivity contribution is -0.385. The molecule has 2 aromatic carbocycles. The Kier molecular flexibility index (Phi) is 3.98. The van der Waals surface area contributed by atoms with Crippen LogP contribution in [-0.4, -0.2) is 20.9 Å². The Bertz CT molecular complexity index is 773. The SMILES string of the molecule is O=C(O)c1ccc([N+](=O)[O-])cc1Oc1cccc([N+](=O)[O-])c1. The minimum absolute atomic E-state index is 0.00259. The summed E-state index contributed by atoms with van der Waals surface area (Å²) in [6.45, 7) is 0. The second kappa shape index (κ2) is 5.87. The molecule has 0 aliphatic heterocycles. The van der Waals surface area contributed by atoms with Gasteiger partial charge in [0, 0.05) is 12.1 Å². The Balaban J connectivity index is 2.45. The van der Waals surface area contributed by atoms with Crippen LogP contribution in [0.25, 0.3) is 0 Å². The summed E-state index contributed by atoms with van der Waals surface area (Å²) < 4.78 is 5.26. The molecular weight excluding hydrogens is 296 g/mol. The van der Waals surface area contributed by atoms with E-state index in [4.69, 9.17) is 9.84 Å². The van der Waals surface area contributed by atoms with Crippen molar-refractivity contribution in [1.29, 1.82) is 0 Å². The third kappa shape index (κ3) is 3.15. The molecule has 0 spiro atoms. The molecule has 112 valence electrons. The summed E-state index contributed by atoms with van der Waals surface area (Å²) in [5.41, 5.74) is -0.901. The average molecular weight is 304 g/mol. The molecule has 0 saturated carbocycles. The third-order valence-electron chi connectivity index (χ3n) is 2.66. The zero-order valence-corrected chi connectivity index (χ0v) is 10.8. The maximum absolute atomic E-state index is 11.1. The largest absolute Gasteiger partial charge is 0.478 e. The first-order valence-corrected chi connectivity index (χ1v) is 5.82. The zero-order valence-electron chi connectivity index (χ0n) is 10.8. The minimum Gasteiger partial charge on any atom is -0.478 e. The van der Waals surface area contributed by atoms with Crippen molar-refractivity contribution in [2.75, 3.05) is 0 Å². The van der Waals surface area contributed by atoms with Crippen LogP contribution in [0.5, 0.6) is 11.5 Å². The quantitative estimate of drug-likeness (QED) is 0.662. The molecule has 0 amide bonds. The first kappa shape index (κ1) is 14.9. The molecule has 22 heavy (non-hydrogen) atoms. The van der Waals surface area contributed by atoms with Gasteiger partial charge in [-0.15, -0.1) is 0 Å². The lowest BCUT2D eigenvalue weighted by Gasteiger charge is -2.08. The number of hydrogen-bond donors (Lipinski definition) is 1. The number of carbonyl (C=O) groups is 1. The molecule has 1 N–H and O–H groups in total. The van der Waals surface area contributed by atoms with Crippen LogP contribution >= 0.6 is 0 Å². The maximum Gasteiger partial charge on any atom is 0.339 e. The molecule has 0 radical (unpaired) electrons. The number of ether oxygens (including phenoxy) is 1. The predicted octanol–water partition coefficient (Wildman–Crippen LogP) is 2.99. The summed E-state index contributed by atoms with van der Waals surface area (Å²) >= 11 is 0. The smallest absolute Gasteiger partial charge is 0.339 e. The highest BCUT2D eigenvalue weighted by Gasteiger charge is 2.18. The normalized spacial score (nSPS) is 10.0. The van der Waals surface area contributed by atoms with Gasteiger partial charge in [-0.2, -0.15) is 0 Å². The Morgan fingerprint density at radius 3 is 2.23 bits per heavy atom. The number of hydrogen-bond acceptors (Lipinski definition) is 6. The van der Waals surface area contributed by atoms with Gasteiger partial charge < -0.3 is 9.84 Å². The van der Waals surface area contributed by atoms with Gasteiger partial charge in [0.05, 0.1) is 22.0 Å². The van der Waals surface area contributed by atoms with E-state index in [2.05, 4.69) is 0 Å². The van der Waals surface area contributed by atoms with E-state index in [-0.39, 0.29) is 28.4 Å². The second-order valence-corrected chi connectivity index (χ2v) is 4.10. The molecule has 0 aromatic heterocycles. The van der Waals surface area contributed by atoms with E-state index in [9.17, 15) is 25.0 Å². The van der Waals surface area contributed by atoms with Crippen LogP contribution < -0.4 is 4.74 Å². The maximum atomic E-state index is 11.1. The van der Waals surface area contributed by atoms with Crippen LogP contribution in [0.4, 0.5) is 11.4 Å². The van der Waals surface area contributed by atoms with Crippen molar-refractivity contribution < 1.29 is 24.5 Å². The molecule has 2 rings (SSSR count). The van der Waals surface area contributed by atoms with Crippen LogP contribution in [0.3, 0.4) is 0 Å². The molecule has 0 heterocycles. The number of nitrogens with zero attached hydrogens (tertiary/aromatic N) is 2. The molecule has 0 aliphatic carbocycles. The molecule has 0 fully saturated rings. The van der Waals surface area contributed by atoms with Crippen molar-refractivity contribution in [3.63, 3.8) is 0 Å². The number of rotatable bonds is 5. The highest BCUT2D eigenvalue weighted by molar-refractivity contribution is 5.91. The van der Waals surface area contributed by atoms with Crippen molar-refractivity contribution in [2.45, 2.75) is 0 Å². The number of carboxylic acids is 1. The molecule has 9 heteroatoms. The molecule has 0 aliphatic rings. The second-order valence-electron chi connectivity index (χ2n) is 4.10. The Morgan fingerprint density at radius 1 is 1.00 bits per heavy atom. The van der Waals surface area contributed by atoms with Crippen molar-refractivity contribution in [3.8, 4) is 11.5 Å². The Labute approximate surface area is 122 Å². The van der Waals surface area contributed by atoms with E-state index in [0.717, 1.165) is 24.3 Å². The van der Waals surface area contributed by atoms with E-state index in [0.29, 0.717) is 0 Å². The van der Waals surface area contributed by atoms with E-state index >= 15 is 0 Å². The van der Waals surface area contributed by atoms with Gasteiger partial charge in [0.15, 0.2) is 0 Å². The van der Waals surface area contributed by atoms with Crippen LogP contribution in [-0.2, 0) is 0 Å². The molecule has 9 nitrogen and oxygen atoms in total. The highest BCUT2D eigenvalue weighted by atomic mass is 16.6. The van der Waals surface area contributed by atoms with Crippen molar-refractivity contribution in [1.82, 2.24) is 0 Å². The molecule has 2 aromatic rings. The number of carboxylic acid groups (broad SMARTS) is 1.